The van der Waals surface area contributed by atoms with Crippen molar-refractivity contribution in [3.05, 3.63) is 42.0 Å². The molecule has 4 N–H and O–H groups in total. The summed E-state index contributed by atoms with van der Waals surface area (Å²) in [7, 11) is 1.69. The lowest BCUT2D eigenvalue weighted by Gasteiger charge is -2.18. The highest BCUT2D eigenvalue weighted by Crippen LogP contribution is 2.33. The van der Waals surface area contributed by atoms with Crippen molar-refractivity contribution in [3.8, 4) is 5.75 Å². The van der Waals surface area contributed by atoms with Crippen molar-refractivity contribution >= 4 is 23.2 Å². The molecule has 4 heteroatoms. The lowest BCUT2D eigenvalue weighted by Crippen LogP contribution is -2.13. The Kier molecular flexibility index (Phi) is 6.79. The van der Waals surface area contributed by atoms with E-state index in [1.54, 1.807) is 7.11 Å². The van der Waals surface area contributed by atoms with Gasteiger partial charge in [-0.25, -0.2) is 0 Å². The molecule has 0 saturated heterocycles. The lowest BCUT2D eigenvalue weighted by molar-refractivity contribution is 0.404. The van der Waals surface area contributed by atoms with Gasteiger partial charge in [0.2, 0.25) is 0 Å². The fraction of sp³-hybridized carbons (Fsp3) is 0.375. The fourth-order valence-corrected chi connectivity index (χ4v) is 2.49. The number of nitrogens with two attached hydrogens (primary N) is 2. The third-order valence-corrected chi connectivity index (χ3v) is 3.49. The summed E-state index contributed by atoms with van der Waals surface area (Å²) in [5.41, 5.74) is 13.0. The molecule has 110 valence electrons. The molecule has 0 aliphatic heterocycles. The van der Waals surface area contributed by atoms with Gasteiger partial charge in [-0.05, 0) is 36.2 Å². The number of benzene rings is 2. The predicted octanol–water partition coefficient (Wildman–Crippen LogP) is 3.40. The first-order valence-electron chi connectivity index (χ1n) is 6.79. The molecule has 0 aliphatic rings. The van der Waals surface area contributed by atoms with Crippen LogP contribution < -0.4 is 16.2 Å². The van der Waals surface area contributed by atoms with E-state index >= 15 is 0 Å². The van der Waals surface area contributed by atoms with Gasteiger partial charge in [0.25, 0.3) is 0 Å². The second kappa shape index (κ2) is 8.10. The molecule has 2 rings (SSSR count). The number of rotatable bonds is 6. The van der Waals surface area contributed by atoms with E-state index in [1.807, 2.05) is 18.2 Å². The van der Waals surface area contributed by atoms with Gasteiger partial charge < -0.3 is 16.2 Å². The highest BCUT2D eigenvalue weighted by atomic mass is 35.5. The standard InChI is InChI=1S/C16H22N2O.ClH/c1-19-15-10-9-12-6-2-3-7-13(12)16(15)14(18)8-4-5-11-17;/h2-3,6-7,9-10,14H,4-5,8,11,17-18H2,1H3;1H/t14-;/m1./s1. The van der Waals surface area contributed by atoms with Gasteiger partial charge in [-0.3, -0.25) is 0 Å². The maximum atomic E-state index is 6.36. The van der Waals surface area contributed by atoms with E-state index in [1.165, 1.54) is 10.8 Å². The molecule has 0 spiro atoms. The van der Waals surface area contributed by atoms with Crippen LogP contribution in [0.1, 0.15) is 30.9 Å². The minimum absolute atomic E-state index is 0. The van der Waals surface area contributed by atoms with Crippen LogP contribution in [-0.4, -0.2) is 13.7 Å². The van der Waals surface area contributed by atoms with E-state index in [0.717, 1.165) is 37.1 Å². The van der Waals surface area contributed by atoms with Gasteiger partial charge in [0.1, 0.15) is 5.75 Å². The van der Waals surface area contributed by atoms with Crippen LogP contribution in [0, 0.1) is 0 Å². The average Bonchev–Trinajstić information content (AvgIpc) is 2.46. The summed E-state index contributed by atoms with van der Waals surface area (Å²) < 4.78 is 5.48. The molecule has 0 aliphatic carbocycles. The number of ether oxygens (including phenoxy) is 1. The first kappa shape index (κ1) is 16.8. The topological polar surface area (TPSA) is 61.3 Å². The lowest BCUT2D eigenvalue weighted by atomic mass is 9.95. The Hall–Kier alpha value is -1.29. The van der Waals surface area contributed by atoms with Crippen LogP contribution in [0.15, 0.2) is 36.4 Å². The van der Waals surface area contributed by atoms with Crippen LogP contribution in [0.25, 0.3) is 10.8 Å². The fourth-order valence-electron chi connectivity index (χ4n) is 2.49. The van der Waals surface area contributed by atoms with E-state index in [4.69, 9.17) is 16.2 Å². The summed E-state index contributed by atoms with van der Waals surface area (Å²) in [5, 5.41) is 2.38. The third kappa shape index (κ3) is 3.63. The van der Waals surface area contributed by atoms with Crippen molar-refractivity contribution in [2.24, 2.45) is 11.5 Å². The third-order valence-electron chi connectivity index (χ3n) is 3.49. The molecule has 0 radical (unpaired) electrons. The van der Waals surface area contributed by atoms with E-state index in [0.29, 0.717) is 0 Å². The predicted molar refractivity (Wildman–Crippen MR) is 87.6 cm³/mol. The smallest absolute Gasteiger partial charge is 0.124 e. The quantitative estimate of drug-likeness (QED) is 0.803. The SMILES string of the molecule is COc1ccc2ccccc2c1[C@H](N)CCCCN.Cl. The number of halogens is 1. The zero-order valence-corrected chi connectivity index (χ0v) is 12.7. The van der Waals surface area contributed by atoms with E-state index in [2.05, 4.69) is 18.2 Å². The number of methoxy groups -OCH3 is 1. The minimum atomic E-state index is -0.00685. The Morgan fingerprint density at radius 2 is 1.85 bits per heavy atom. The molecule has 20 heavy (non-hydrogen) atoms. The summed E-state index contributed by atoms with van der Waals surface area (Å²) in [6.45, 7) is 0.722. The Labute approximate surface area is 126 Å². The number of unbranched alkanes of at least 4 members (excludes halogenated alkanes) is 1. The van der Waals surface area contributed by atoms with Crippen molar-refractivity contribution in [2.45, 2.75) is 25.3 Å². The first-order valence-corrected chi connectivity index (χ1v) is 6.79. The molecule has 2 aromatic carbocycles. The highest BCUT2D eigenvalue weighted by Gasteiger charge is 2.15. The van der Waals surface area contributed by atoms with Crippen LogP contribution in [0.2, 0.25) is 0 Å². The summed E-state index contributed by atoms with van der Waals surface area (Å²) >= 11 is 0. The molecule has 0 amide bonds. The van der Waals surface area contributed by atoms with Gasteiger partial charge in [-0.2, -0.15) is 0 Å². The zero-order valence-electron chi connectivity index (χ0n) is 11.8. The molecule has 0 saturated carbocycles. The summed E-state index contributed by atoms with van der Waals surface area (Å²) in [5.74, 6) is 0.874. The molecule has 3 nitrogen and oxygen atoms in total. The van der Waals surface area contributed by atoms with Crippen LogP contribution >= 0.6 is 12.4 Å². The van der Waals surface area contributed by atoms with E-state index in [-0.39, 0.29) is 18.4 Å². The molecule has 0 fully saturated rings. The Morgan fingerprint density at radius 3 is 2.55 bits per heavy atom. The number of fused-ring (bicyclic) bond motifs is 1. The van der Waals surface area contributed by atoms with Crippen molar-refractivity contribution in [1.82, 2.24) is 0 Å². The van der Waals surface area contributed by atoms with Gasteiger partial charge in [0.05, 0.1) is 7.11 Å². The average molecular weight is 295 g/mol. The Morgan fingerprint density at radius 1 is 1.10 bits per heavy atom. The van der Waals surface area contributed by atoms with Crippen molar-refractivity contribution in [2.75, 3.05) is 13.7 Å². The molecule has 0 heterocycles. The van der Waals surface area contributed by atoms with Gasteiger partial charge in [-0.1, -0.05) is 36.8 Å². The Balaban J connectivity index is 0.00000200. The van der Waals surface area contributed by atoms with Gasteiger partial charge in [0, 0.05) is 11.6 Å². The monoisotopic (exact) mass is 294 g/mol. The number of hydrogen-bond donors (Lipinski definition) is 2. The van der Waals surface area contributed by atoms with Crippen LogP contribution in [-0.2, 0) is 0 Å². The summed E-state index contributed by atoms with van der Waals surface area (Å²) in [6.07, 6.45) is 2.99. The second-order valence-electron chi connectivity index (χ2n) is 4.79. The largest absolute Gasteiger partial charge is 0.496 e. The number of hydrogen-bond acceptors (Lipinski definition) is 3. The minimum Gasteiger partial charge on any atom is -0.496 e. The van der Waals surface area contributed by atoms with E-state index in [9.17, 15) is 0 Å². The summed E-state index contributed by atoms with van der Waals surface area (Å²) in [4.78, 5) is 0. The highest BCUT2D eigenvalue weighted by molar-refractivity contribution is 5.88. The van der Waals surface area contributed by atoms with Crippen LogP contribution in [0.5, 0.6) is 5.75 Å². The molecule has 2 aromatic rings. The summed E-state index contributed by atoms with van der Waals surface area (Å²) in [6, 6.07) is 12.4. The maximum Gasteiger partial charge on any atom is 0.124 e. The normalized spacial score (nSPS) is 11.9. The van der Waals surface area contributed by atoms with E-state index < -0.39 is 0 Å². The molecule has 0 unspecified atom stereocenters. The van der Waals surface area contributed by atoms with Gasteiger partial charge in [0.15, 0.2) is 0 Å². The van der Waals surface area contributed by atoms with Crippen LogP contribution in [0.4, 0.5) is 0 Å². The molecule has 0 aromatic heterocycles. The second-order valence-corrected chi connectivity index (χ2v) is 4.79. The Bertz CT molecular complexity index is 545. The van der Waals surface area contributed by atoms with Crippen molar-refractivity contribution in [1.29, 1.82) is 0 Å². The maximum absolute atomic E-state index is 6.36. The van der Waals surface area contributed by atoms with Crippen molar-refractivity contribution < 1.29 is 4.74 Å². The van der Waals surface area contributed by atoms with Crippen molar-refractivity contribution in [3.63, 3.8) is 0 Å². The zero-order chi connectivity index (χ0) is 13.7. The van der Waals surface area contributed by atoms with Gasteiger partial charge >= 0.3 is 0 Å². The molecule has 1 atom stereocenters. The molecular weight excluding hydrogens is 272 g/mol. The molecular formula is C16H23ClN2O. The van der Waals surface area contributed by atoms with Crippen LogP contribution in [0.3, 0.4) is 0 Å². The van der Waals surface area contributed by atoms with Gasteiger partial charge in [-0.15, -0.1) is 12.4 Å². The molecule has 0 bridgehead atoms. The first-order chi connectivity index (χ1) is 9.27.